The summed E-state index contributed by atoms with van der Waals surface area (Å²) >= 11 is 3.39. The lowest BCUT2D eigenvalue weighted by Gasteiger charge is -2.22. The summed E-state index contributed by atoms with van der Waals surface area (Å²) in [6, 6.07) is 0. The first-order chi connectivity index (χ1) is 7.31. The average molecular weight is 274 g/mol. The van der Waals surface area contributed by atoms with Crippen LogP contribution in [0, 0.1) is 0 Å². The van der Waals surface area contributed by atoms with Gasteiger partial charge in [-0.05, 0) is 41.9 Å². The molecule has 2 rings (SSSR count). The van der Waals surface area contributed by atoms with Gasteiger partial charge in [-0.15, -0.1) is 0 Å². The minimum Gasteiger partial charge on any atom is -0.395 e. The Morgan fingerprint density at radius 2 is 2.27 bits per heavy atom. The van der Waals surface area contributed by atoms with Crippen molar-refractivity contribution in [1.29, 1.82) is 0 Å². The lowest BCUT2D eigenvalue weighted by molar-refractivity contribution is 0.271. The molecule has 1 saturated heterocycles. The van der Waals surface area contributed by atoms with E-state index in [1.165, 1.54) is 0 Å². The number of aliphatic hydroxyl groups is 1. The molecule has 1 aromatic rings. The molecule has 0 atom stereocenters. The molecule has 1 fully saturated rings. The van der Waals surface area contributed by atoms with Gasteiger partial charge >= 0.3 is 0 Å². The summed E-state index contributed by atoms with van der Waals surface area (Å²) in [5.74, 6) is 1.64. The number of nitrogens with zero attached hydrogens (tertiary/aromatic N) is 2. The Morgan fingerprint density at radius 3 is 2.93 bits per heavy atom. The third kappa shape index (κ3) is 2.59. The second-order valence-corrected chi connectivity index (χ2v) is 4.68. The van der Waals surface area contributed by atoms with Gasteiger partial charge in [-0.1, -0.05) is 0 Å². The van der Waals surface area contributed by atoms with Crippen LogP contribution >= 0.6 is 15.9 Å². The van der Waals surface area contributed by atoms with Crippen LogP contribution in [0.1, 0.15) is 24.6 Å². The van der Waals surface area contributed by atoms with Crippen LogP contribution in [0.25, 0.3) is 0 Å². The van der Waals surface area contributed by atoms with Crippen LogP contribution in [-0.2, 0) is 6.54 Å². The minimum absolute atomic E-state index is 0.167. The zero-order valence-corrected chi connectivity index (χ0v) is 10.2. The number of piperidine rings is 1. The number of imidazole rings is 1. The summed E-state index contributed by atoms with van der Waals surface area (Å²) in [4.78, 5) is 4.49. The van der Waals surface area contributed by atoms with Crippen molar-refractivity contribution < 1.29 is 5.11 Å². The summed E-state index contributed by atoms with van der Waals surface area (Å²) in [7, 11) is 0. The first-order valence-electron chi connectivity index (χ1n) is 5.35. The fourth-order valence-electron chi connectivity index (χ4n) is 2.09. The van der Waals surface area contributed by atoms with Crippen LogP contribution in [0.5, 0.6) is 0 Å². The van der Waals surface area contributed by atoms with Crippen molar-refractivity contribution in [3.63, 3.8) is 0 Å². The molecular formula is C10H16BrN3O. The molecule has 0 bridgehead atoms. The molecule has 1 aromatic heterocycles. The highest BCUT2D eigenvalue weighted by Gasteiger charge is 2.20. The lowest BCUT2D eigenvalue weighted by atomic mass is 9.97. The number of rotatable bonds is 3. The van der Waals surface area contributed by atoms with E-state index < -0.39 is 0 Å². The van der Waals surface area contributed by atoms with Gasteiger partial charge in [-0.3, -0.25) is 0 Å². The van der Waals surface area contributed by atoms with Crippen molar-refractivity contribution >= 4 is 15.9 Å². The molecule has 0 spiro atoms. The number of aliphatic hydroxyl groups excluding tert-OH is 1. The number of aromatic nitrogens is 2. The molecular weight excluding hydrogens is 258 g/mol. The maximum atomic E-state index is 8.98. The zero-order valence-electron chi connectivity index (χ0n) is 8.62. The quantitative estimate of drug-likeness (QED) is 0.868. The predicted molar refractivity (Wildman–Crippen MR) is 61.9 cm³/mol. The van der Waals surface area contributed by atoms with E-state index in [0.29, 0.717) is 12.5 Å². The maximum Gasteiger partial charge on any atom is 0.124 e. The zero-order chi connectivity index (χ0) is 10.7. The third-order valence-corrected chi connectivity index (χ3v) is 3.21. The Hall–Kier alpha value is -0.390. The van der Waals surface area contributed by atoms with E-state index in [9.17, 15) is 0 Å². The Labute approximate surface area is 97.8 Å². The van der Waals surface area contributed by atoms with Gasteiger partial charge in [-0.25, -0.2) is 4.98 Å². The van der Waals surface area contributed by atoms with Crippen molar-refractivity contribution in [2.24, 2.45) is 0 Å². The van der Waals surface area contributed by atoms with Crippen LogP contribution in [0.4, 0.5) is 0 Å². The van der Waals surface area contributed by atoms with Crippen LogP contribution < -0.4 is 5.32 Å². The molecule has 0 aliphatic carbocycles. The van der Waals surface area contributed by atoms with Crippen molar-refractivity contribution in [3.05, 3.63) is 16.6 Å². The van der Waals surface area contributed by atoms with E-state index >= 15 is 0 Å². The SMILES string of the molecule is OCCn1cc(Br)nc1C1CCNCC1. The van der Waals surface area contributed by atoms with Crippen LogP contribution in [0.2, 0.25) is 0 Å². The van der Waals surface area contributed by atoms with Crippen molar-refractivity contribution in [3.8, 4) is 0 Å². The Bertz CT molecular complexity index is 320. The monoisotopic (exact) mass is 273 g/mol. The van der Waals surface area contributed by atoms with Crippen LogP contribution in [0.3, 0.4) is 0 Å². The van der Waals surface area contributed by atoms with Gasteiger partial charge in [0.25, 0.3) is 0 Å². The number of hydrogen-bond acceptors (Lipinski definition) is 3. The van der Waals surface area contributed by atoms with E-state index in [1.54, 1.807) is 0 Å². The number of hydrogen-bond donors (Lipinski definition) is 2. The van der Waals surface area contributed by atoms with Crippen LogP contribution in [-0.4, -0.2) is 34.4 Å². The average Bonchev–Trinajstić information content (AvgIpc) is 2.62. The molecule has 2 N–H and O–H groups in total. The molecule has 1 aliphatic heterocycles. The largest absolute Gasteiger partial charge is 0.395 e. The first kappa shape index (κ1) is 11.1. The van der Waals surface area contributed by atoms with Gasteiger partial charge in [-0.2, -0.15) is 0 Å². The lowest BCUT2D eigenvalue weighted by Crippen LogP contribution is -2.28. The van der Waals surface area contributed by atoms with Gasteiger partial charge in [0.05, 0.1) is 6.61 Å². The summed E-state index contributed by atoms with van der Waals surface area (Å²) in [6.07, 6.45) is 4.22. The first-order valence-corrected chi connectivity index (χ1v) is 6.14. The van der Waals surface area contributed by atoms with E-state index in [4.69, 9.17) is 5.11 Å². The maximum absolute atomic E-state index is 8.98. The van der Waals surface area contributed by atoms with Gasteiger partial charge in [0.15, 0.2) is 0 Å². The molecule has 5 heteroatoms. The molecule has 15 heavy (non-hydrogen) atoms. The number of nitrogens with one attached hydrogen (secondary N) is 1. The molecule has 0 aromatic carbocycles. The molecule has 0 radical (unpaired) electrons. The van der Waals surface area contributed by atoms with E-state index in [1.807, 2.05) is 6.20 Å². The Balaban J connectivity index is 2.17. The molecule has 4 nitrogen and oxygen atoms in total. The summed E-state index contributed by atoms with van der Waals surface area (Å²) in [6.45, 7) is 2.93. The Morgan fingerprint density at radius 1 is 1.53 bits per heavy atom. The van der Waals surface area contributed by atoms with Gasteiger partial charge in [0.1, 0.15) is 10.4 Å². The highest BCUT2D eigenvalue weighted by atomic mass is 79.9. The molecule has 0 unspecified atom stereocenters. The predicted octanol–water partition coefficient (Wildman–Crippen LogP) is 1.10. The third-order valence-electron chi connectivity index (χ3n) is 2.82. The number of halogens is 1. The Kier molecular flexibility index (Phi) is 3.77. The summed E-state index contributed by atoms with van der Waals surface area (Å²) < 4.78 is 2.92. The van der Waals surface area contributed by atoms with Crippen molar-refractivity contribution in [2.45, 2.75) is 25.3 Å². The van der Waals surface area contributed by atoms with Gasteiger partial charge in [0.2, 0.25) is 0 Å². The van der Waals surface area contributed by atoms with Crippen LogP contribution in [0.15, 0.2) is 10.8 Å². The topological polar surface area (TPSA) is 50.1 Å². The van der Waals surface area contributed by atoms with Gasteiger partial charge in [0, 0.05) is 18.7 Å². The van der Waals surface area contributed by atoms with Crippen molar-refractivity contribution in [1.82, 2.24) is 14.9 Å². The molecule has 0 saturated carbocycles. The molecule has 1 aliphatic rings. The van der Waals surface area contributed by atoms with Gasteiger partial charge < -0.3 is 15.0 Å². The molecule has 0 amide bonds. The fraction of sp³-hybridized carbons (Fsp3) is 0.700. The molecule has 2 heterocycles. The summed E-state index contributed by atoms with van der Waals surface area (Å²) in [5.41, 5.74) is 0. The normalized spacial score (nSPS) is 18.3. The fourth-order valence-corrected chi connectivity index (χ4v) is 2.52. The standard InChI is InChI=1S/C10H16BrN3O/c11-9-7-14(5-6-15)10(13-9)8-1-3-12-4-2-8/h7-8,12,15H,1-6H2. The highest BCUT2D eigenvalue weighted by Crippen LogP contribution is 2.25. The van der Waals surface area contributed by atoms with E-state index in [-0.39, 0.29) is 6.61 Å². The highest BCUT2D eigenvalue weighted by molar-refractivity contribution is 9.10. The van der Waals surface area contributed by atoms with E-state index in [2.05, 4.69) is 30.8 Å². The van der Waals surface area contributed by atoms with Crippen molar-refractivity contribution in [2.75, 3.05) is 19.7 Å². The minimum atomic E-state index is 0.167. The second-order valence-electron chi connectivity index (χ2n) is 3.86. The molecule has 84 valence electrons. The smallest absolute Gasteiger partial charge is 0.124 e. The van der Waals surface area contributed by atoms with E-state index in [0.717, 1.165) is 36.4 Å². The second kappa shape index (κ2) is 5.09. The summed E-state index contributed by atoms with van der Waals surface area (Å²) in [5, 5.41) is 12.3.